The highest BCUT2D eigenvalue weighted by Gasteiger charge is 2.14. The molecule has 5 heteroatoms. The van der Waals surface area contributed by atoms with Crippen LogP contribution < -0.4 is 10.2 Å². The summed E-state index contributed by atoms with van der Waals surface area (Å²) in [5, 5.41) is 12.1. The minimum absolute atomic E-state index is 0.0930. The van der Waals surface area contributed by atoms with Crippen molar-refractivity contribution in [3.63, 3.8) is 0 Å². The average molecular weight is 290 g/mol. The molecule has 0 fully saturated rings. The number of hydrogen-bond acceptors (Lipinski definition) is 5. The van der Waals surface area contributed by atoms with E-state index in [4.69, 9.17) is 4.74 Å². The van der Waals surface area contributed by atoms with Crippen molar-refractivity contribution in [2.75, 3.05) is 31.7 Å². The summed E-state index contributed by atoms with van der Waals surface area (Å²) < 4.78 is 5.17. The Morgan fingerprint density at radius 3 is 2.62 bits per heavy atom. The van der Waals surface area contributed by atoms with Gasteiger partial charge in [-0.1, -0.05) is 6.08 Å². The zero-order chi connectivity index (χ0) is 15.3. The van der Waals surface area contributed by atoms with Crippen LogP contribution >= 0.6 is 0 Å². The van der Waals surface area contributed by atoms with Gasteiger partial charge in [0.15, 0.2) is 5.82 Å². The van der Waals surface area contributed by atoms with Crippen molar-refractivity contribution < 1.29 is 4.74 Å². The molecular formula is C16H26N4O. The van der Waals surface area contributed by atoms with Gasteiger partial charge in [0.1, 0.15) is 0 Å². The Morgan fingerprint density at radius 1 is 1.29 bits per heavy atom. The second kappa shape index (κ2) is 7.00. The lowest BCUT2D eigenvalue weighted by Crippen LogP contribution is -2.35. The minimum atomic E-state index is 0.0930. The van der Waals surface area contributed by atoms with Gasteiger partial charge >= 0.3 is 0 Å². The highest BCUT2D eigenvalue weighted by Crippen LogP contribution is 2.17. The first kappa shape index (κ1) is 15.9. The van der Waals surface area contributed by atoms with Crippen LogP contribution in [0.3, 0.4) is 0 Å². The fourth-order valence-electron chi connectivity index (χ4n) is 2.21. The summed E-state index contributed by atoms with van der Waals surface area (Å²) >= 11 is 0. The number of anilines is 1. The Labute approximate surface area is 127 Å². The summed E-state index contributed by atoms with van der Waals surface area (Å²) in [6.07, 6.45) is 3.26. The van der Waals surface area contributed by atoms with Gasteiger partial charge in [-0.3, -0.25) is 0 Å². The highest BCUT2D eigenvalue weighted by molar-refractivity contribution is 5.40. The van der Waals surface area contributed by atoms with Crippen molar-refractivity contribution in [2.24, 2.45) is 0 Å². The van der Waals surface area contributed by atoms with E-state index in [-0.39, 0.29) is 5.54 Å². The Balaban J connectivity index is 1.91. The van der Waals surface area contributed by atoms with E-state index in [1.165, 1.54) is 5.57 Å². The van der Waals surface area contributed by atoms with E-state index in [0.29, 0.717) is 0 Å². The topological polar surface area (TPSA) is 50.3 Å². The van der Waals surface area contributed by atoms with Crippen molar-refractivity contribution in [3.05, 3.63) is 29.5 Å². The van der Waals surface area contributed by atoms with Crippen molar-refractivity contribution in [3.8, 4) is 0 Å². The van der Waals surface area contributed by atoms with E-state index in [1.54, 1.807) is 7.11 Å². The van der Waals surface area contributed by atoms with Crippen molar-refractivity contribution in [2.45, 2.75) is 39.3 Å². The Bertz CT molecular complexity index is 476. The maximum absolute atomic E-state index is 5.17. The summed E-state index contributed by atoms with van der Waals surface area (Å²) in [5.41, 5.74) is 2.43. The van der Waals surface area contributed by atoms with Crippen LogP contribution in [0.25, 0.3) is 0 Å². The first-order valence-corrected chi connectivity index (χ1v) is 7.47. The van der Waals surface area contributed by atoms with Gasteiger partial charge in [0.05, 0.1) is 12.3 Å². The van der Waals surface area contributed by atoms with E-state index >= 15 is 0 Å². The molecule has 1 aliphatic rings. The molecule has 2 rings (SSSR count). The van der Waals surface area contributed by atoms with Crippen molar-refractivity contribution in [1.29, 1.82) is 0 Å². The Kier molecular flexibility index (Phi) is 5.31. The molecule has 1 N–H and O–H groups in total. The molecule has 116 valence electrons. The lowest BCUT2D eigenvalue weighted by molar-refractivity contribution is 0.222. The predicted molar refractivity (Wildman–Crippen MR) is 85.4 cm³/mol. The van der Waals surface area contributed by atoms with E-state index in [9.17, 15) is 0 Å². The molecule has 0 unspecified atom stereocenters. The number of hydrogen-bond donors (Lipinski definition) is 1. The van der Waals surface area contributed by atoms with Crippen LogP contribution in [0, 0.1) is 0 Å². The number of rotatable bonds is 5. The van der Waals surface area contributed by atoms with E-state index < -0.39 is 0 Å². The van der Waals surface area contributed by atoms with Crippen molar-refractivity contribution >= 4 is 5.82 Å². The molecule has 0 saturated carbocycles. The number of aromatic nitrogens is 2. The van der Waals surface area contributed by atoms with Crippen LogP contribution in [0.4, 0.5) is 5.82 Å². The molecule has 0 aromatic carbocycles. The summed E-state index contributed by atoms with van der Waals surface area (Å²) in [6.45, 7) is 9.77. The molecular weight excluding hydrogens is 264 g/mol. The van der Waals surface area contributed by atoms with E-state index in [1.807, 2.05) is 0 Å². The first-order chi connectivity index (χ1) is 9.98. The monoisotopic (exact) mass is 290 g/mol. The molecule has 1 aromatic heterocycles. The SMILES string of the molecule is COCC1=CCN(c2ccc(CNC(C)(C)C)nn2)CC1. The number of ether oxygens (including phenoxy) is 1. The van der Waals surface area contributed by atoms with Gasteiger partial charge < -0.3 is 15.0 Å². The van der Waals surface area contributed by atoms with E-state index in [0.717, 1.165) is 44.2 Å². The standard InChI is InChI=1S/C16H26N4O/c1-16(2,3)17-11-14-5-6-15(19-18-14)20-9-7-13(8-10-20)12-21-4/h5-7,17H,8-12H2,1-4H3. The minimum Gasteiger partial charge on any atom is -0.380 e. The van der Waals surface area contributed by atoms with Gasteiger partial charge in [0.2, 0.25) is 0 Å². The van der Waals surface area contributed by atoms with E-state index in [2.05, 4.69) is 59.4 Å². The smallest absolute Gasteiger partial charge is 0.151 e. The van der Waals surface area contributed by atoms with Gasteiger partial charge in [0, 0.05) is 32.3 Å². The van der Waals surface area contributed by atoms with Gasteiger partial charge in [0.25, 0.3) is 0 Å². The molecule has 0 bridgehead atoms. The zero-order valence-corrected chi connectivity index (χ0v) is 13.5. The van der Waals surface area contributed by atoms with Crippen molar-refractivity contribution in [1.82, 2.24) is 15.5 Å². The normalized spacial score (nSPS) is 16.0. The van der Waals surface area contributed by atoms with Crippen LogP contribution in [0.1, 0.15) is 32.9 Å². The number of nitrogens with one attached hydrogen (secondary N) is 1. The van der Waals surface area contributed by atoms with Crippen LogP contribution in [-0.2, 0) is 11.3 Å². The molecule has 0 radical (unpaired) electrons. The van der Waals surface area contributed by atoms with Gasteiger partial charge in [-0.25, -0.2) is 0 Å². The molecule has 1 aromatic rings. The fourth-order valence-corrected chi connectivity index (χ4v) is 2.21. The summed E-state index contributed by atoms with van der Waals surface area (Å²) in [4.78, 5) is 2.24. The summed E-state index contributed by atoms with van der Waals surface area (Å²) in [5.74, 6) is 0.947. The van der Waals surface area contributed by atoms with Gasteiger partial charge in [-0.15, -0.1) is 5.10 Å². The van der Waals surface area contributed by atoms with Crippen LogP contribution in [0.15, 0.2) is 23.8 Å². The second-order valence-electron chi connectivity index (χ2n) is 6.48. The molecule has 5 nitrogen and oxygen atoms in total. The number of methoxy groups -OCH3 is 1. The molecule has 1 aliphatic heterocycles. The largest absolute Gasteiger partial charge is 0.380 e. The van der Waals surface area contributed by atoms with Crippen LogP contribution in [0.5, 0.6) is 0 Å². The maximum atomic E-state index is 5.17. The molecule has 2 heterocycles. The third kappa shape index (κ3) is 5.10. The molecule has 0 spiro atoms. The van der Waals surface area contributed by atoms with Crippen LogP contribution in [-0.4, -0.2) is 42.5 Å². The number of nitrogens with zero attached hydrogens (tertiary/aromatic N) is 3. The van der Waals surface area contributed by atoms with Gasteiger partial charge in [-0.05, 0) is 44.9 Å². The zero-order valence-electron chi connectivity index (χ0n) is 13.5. The summed E-state index contributed by atoms with van der Waals surface area (Å²) in [7, 11) is 1.74. The fraction of sp³-hybridized carbons (Fsp3) is 0.625. The maximum Gasteiger partial charge on any atom is 0.151 e. The van der Waals surface area contributed by atoms with Gasteiger partial charge in [-0.2, -0.15) is 5.10 Å². The quantitative estimate of drug-likeness (QED) is 0.842. The first-order valence-electron chi connectivity index (χ1n) is 7.47. The molecule has 21 heavy (non-hydrogen) atoms. The lowest BCUT2D eigenvalue weighted by atomic mass is 10.1. The highest BCUT2D eigenvalue weighted by atomic mass is 16.5. The Hall–Kier alpha value is -1.46. The summed E-state index contributed by atoms with van der Waals surface area (Å²) in [6, 6.07) is 4.11. The lowest BCUT2D eigenvalue weighted by Gasteiger charge is -2.27. The Morgan fingerprint density at radius 2 is 2.10 bits per heavy atom. The molecule has 0 atom stereocenters. The second-order valence-corrected chi connectivity index (χ2v) is 6.48. The van der Waals surface area contributed by atoms with Crippen LogP contribution in [0.2, 0.25) is 0 Å². The average Bonchev–Trinajstić information content (AvgIpc) is 2.46. The predicted octanol–water partition coefficient (Wildman–Crippen LogP) is 2.15. The third-order valence-electron chi connectivity index (χ3n) is 3.46. The molecule has 0 saturated heterocycles. The third-order valence-corrected chi connectivity index (χ3v) is 3.46. The molecule has 0 aliphatic carbocycles. The molecule has 0 amide bonds.